The van der Waals surface area contributed by atoms with Crippen LogP contribution in [0.25, 0.3) is 27.5 Å². The van der Waals surface area contributed by atoms with Gasteiger partial charge in [0, 0.05) is 38.0 Å². The zero-order valence-electron chi connectivity index (χ0n) is 22.3. The topological polar surface area (TPSA) is 84.2 Å². The van der Waals surface area contributed by atoms with Crippen molar-refractivity contribution < 1.29 is 8.42 Å². The number of nitrogens with zero attached hydrogens (tertiary/aromatic N) is 6. The highest BCUT2D eigenvalue weighted by Gasteiger charge is 2.30. The summed E-state index contributed by atoms with van der Waals surface area (Å²) in [6.07, 6.45) is 2.39. The normalized spacial score (nSPS) is 15.2. The summed E-state index contributed by atoms with van der Waals surface area (Å²) < 4.78 is 31.2. The van der Waals surface area contributed by atoms with Crippen LogP contribution in [0.4, 0.5) is 5.82 Å². The fraction of sp³-hybridized carbons (Fsp3) is 0.300. The molecule has 0 saturated carbocycles. The molecule has 2 aromatic heterocycles. The van der Waals surface area contributed by atoms with E-state index in [2.05, 4.69) is 11.8 Å². The molecule has 39 heavy (non-hydrogen) atoms. The zero-order valence-corrected chi connectivity index (χ0v) is 23.1. The Hall–Kier alpha value is -3.82. The van der Waals surface area contributed by atoms with Crippen molar-refractivity contribution in [2.75, 3.05) is 31.1 Å². The molecule has 0 unspecified atom stereocenters. The van der Waals surface area contributed by atoms with E-state index in [0.717, 1.165) is 57.7 Å². The predicted octanol–water partition coefficient (Wildman–Crippen LogP) is 5.13. The molecule has 0 bridgehead atoms. The van der Waals surface area contributed by atoms with Crippen molar-refractivity contribution in [1.82, 2.24) is 24.1 Å². The van der Waals surface area contributed by atoms with Crippen molar-refractivity contribution in [3.05, 3.63) is 84.3 Å². The van der Waals surface area contributed by atoms with E-state index in [1.54, 1.807) is 10.4 Å². The van der Waals surface area contributed by atoms with Crippen LogP contribution in [-0.4, -0.2) is 58.7 Å². The lowest BCUT2D eigenvalue weighted by molar-refractivity contribution is 0.433. The molecule has 3 heterocycles. The van der Waals surface area contributed by atoms with E-state index in [-0.39, 0.29) is 0 Å². The van der Waals surface area contributed by atoms with E-state index < -0.39 is 10.0 Å². The molecule has 6 rings (SSSR count). The molecule has 0 spiro atoms. The number of aromatic nitrogens is 4. The quantitative estimate of drug-likeness (QED) is 0.297. The highest BCUT2D eigenvalue weighted by atomic mass is 32.2. The third-order valence-corrected chi connectivity index (χ3v) is 9.28. The van der Waals surface area contributed by atoms with Crippen LogP contribution in [0.5, 0.6) is 0 Å². The smallest absolute Gasteiger partial charge is 0.243 e. The van der Waals surface area contributed by atoms with Gasteiger partial charge in [-0.3, -0.25) is 0 Å². The molecule has 5 aromatic rings. The lowest BCUT2D eigenvalue weighted by atomic mass is 10.1. The van der Waals surface area contributed by atoms with Crippen LogP contribution < -0.4 is 4.90 Å². The number of hydrogen-bond acceptors (Lipinski definition) is 6. The molecule has 0 N–H and O–H groups in total. The van der Waals surface area contributed by atoms with Crippen LogP contribution in [0.2, 0.25) is 0 Å². The average Bonchev–Trinajstić information content (AvgIpc) is 3.11. The molecular formula is C30H32N6O2S. The third kappa shape index (κ3) is 4.66. The van der Waals surface area contributed by atoms with Gasteiger partial charge in [0.1, 0.15) is 11.6 Å². The zero-order chi connectivity index (χ0) is 27.0. The van der Waals surface area contributed by atoms with Crippen LogP contribution >= 0.6 is 0 Å². The monoisotopic (exact) mass is 540 g/mol. The molecule has 0 aliphatic carbocycles. The van der Waals surface area contributed by atoms with E-state index in [4.69, 9.17) is 15.1 Å². The van der Waals surface area contributed by atoms with Crippen molar-refractivity contribution in [2.45, 2.75) is 38.0 Å². The minimum absolute atomic E-state index is 0.365. The Kier molecular flexibility index (Phi) is 6.78. The van der Waals surface area contributed by atoms with Gasteiger partial charge in [0.15, 0.2) is 5.65 Å². The van der Waals surface area contributed by atoms with Gasteiger partial charge in [0.2, 0.25) is 10.0 Å². The van der Waals surface area contributed by atoms with E-state index in [0.29, 0.717) is 37.5 Å². The second-order valence-electron chi connectivity index (χ2n) is 9.97. The Bertz CT molecular complexity index is 1750. The Balaban J connectivity index is 1.37. The number of rotatable bonds is 6. The van der Waals surface area contributed by atoms with Gasteiger partial charge in [0.05, 0.1) is 21.7 Å². The SMILES string of the molecule is CCCc1nc(N2CCCN(S(=O)(=O)c3cccc4ccccc34)CC2)c2c(C)nn(-c3ccccc3)c2n1. The molecule has 3 aromatic carbocycles. The minimum Gasteiger partial charge on any atom is -0.355 e. The molecule has 1 aliphatic heterocycles. The number of fused-ring (bicyclic) bond motifs is 2. The summed E-state index contributed by atoms with van der Waals surface area (Å²) >= 11 is 0. The van der Waals surface area contributed by atoms with Gasteiger partial charge >= 0.3 is 0 Å². The second-order valence-corrected chi connectivity index (χ2v) is 11.9. The number of sulfonamides is 1. The Morgan fingerprint density at radius 2 is 1.62 bits per heavy atom. The van der Waals surface area contributed by atoms with Crippen LogP contribution in [0.1, 0.15) is 31.3 Å². The molecule has 0 amide bonds. The third-order valence-electron chi connectivity index (χ3n) is 7.33. The molecule has 1 saturated heterocycles. The average molecular weight is 541 g/mol. The summed E-state index contributed by atoms with van der Waals surface area (Å²) in [6.45, 7) is 6.19. The van der Waals surface area contributed by atoms with E-state index in [1.165, 1.54) is 0 Å². The first-order chi connectivity index (χ1) is 19.0. The van der Waals surface area contributed by atoms with Gasteiger partial charge in [-0.25, -0.2) is 23.1 Å². The number of benzene rings is 3. The number of hydrogen-bond donors (Lipinski definition) is 0. The molecule has 0 atom stereocenters. The molecule has 200 valence electrons. The van der Waals surface area contributed by atoms with Crippen molar-refractivity contribution in [3.63, 3.8) is 0 Å². The lowest BCUT2D eigenvalue weighted by Crippen LogP contribution is -2.35. The number of anilines is 1. The van der Waals surface area contributed by atoms with E-state index >= 15 is 0 Å². The summed E-state index contributed by atoms with van der Waals surface area (Å²) in [6, 6.07) is 23.1. The fourth-order valence-corrected chi connectivity index (χ4v) is 7.11. The second kappa shape index (κ2) is 10.4. The van der Waals surface area contributed by atoms with Gasteiger partial charge in [-0.1, -0.05) is 61.5 Å². The van der Waals surface area contributed by atoms with Crippen LogP contribution in [0, 0.1) is 6.92 Å². The fourth-order valence-electron chi connectivity index (χ4n) is 5.42. The summed E-state index contributed by atoms with van der Waals surface area (Å²) in [4.78, 5) is 12.5. The summed E-state index contributed by atoms with van der Waals surface area (Å²) in [5, 5.41) is 7.44. The highest BCUT2D eigenvalue weighted by Crippen LogP contribution is 2.31. The maximum atomic E-state index is 13.8. The summed E-state index contributed by atoms with van der Waals surface area (Å²) in [5.74, 6) is 1.62. The van der Waals surface area contributed by atoms with Gasteiger partial charge in [-0.2, -0.15) is 9.40 Å². The number of para-hydroxylation sites is 1. The first-order valence-electron chi connectivity index (χ1n) is 13.5. The van der Waals surface area contributed by atoms with E-state index in [9.17, 15) is 8.42 Å². The van der Waals surface area contributed by atoms with Crippen LogP contribution in [-0.2, 0) is 16.4 Å². The van der Waals surface area contributed by atoms with Crippen molar-refractivity contribution in [2.24, 2.45) is 0 Å². The molecule has 1 fully saturated rings. The summed E-state index contributed by atoms with van der Waals surface area (Å²) in [5.41, 5.74) is 2.60. The number of aryl methyl sites for hydroxylation is 2. The first kappa shape index (κ1) is 25.5. The Morgan fingerprint density at radius 1 is 0.846 bits per heavy atom. The molecule has 1 aliphatic rings. The van der Waals surface area contributed by atoms with Gasteiger partial charge in [-0.05, 0) is 43.4 Å². The van der Waals surface area contributed by atoms with Crippen LogP contribution in [0.15, 0.2) is 77.7 Å². The highest BCUT2D eigenvalue weighted by molar-refractivity contribution is 7.89. The van der Waals surface area contributed by atoms with Gasteiger partial charge in [0.25, 0.3) is 0 Å². The summed E-state index contributed by atoms with van der Waals surface area (Å²) in [7, 11) is -3.66. The van der Waals surface area contributed by atoms with Gasteiger partial charge < -0.3 is 4.90 Å². The molecule has 0 radical (unpaired) electrons. The standard InChI is InChI=1S/C30H32N6O2S/c1-3-11-27-31-29(28-22(2)33-36(30(28)32-27)24-14-5-4-6-15-24)34-18-10-19-35(21-20-34)39(37,38)26-17-9-13-23-12-7-8-16-25(23)26/h4-9,12-17H,3,10-11,18-21H2,1-2H3. The molecule has 8 nitrogen and oxygen atoms in total. The van der Waals surface area contributed by atoms with Gasteiger partial charge in [-0.15, -0.1) is 0 Å². The maximum Gasteiger partial charge on any atom is 0.243 e. The Labute approximate surface area is 229 Å². The molecule has 9 heteroatoms. The maximum absolute atomic E-state index is 13.8. The van der Waals surface area contributed by atoms with Crippen molar-refractivity contribution >= 4 is 37.6 Å². The van der Waals surface area contributed by atoms with Crippen molar-refractivity contribution in [3.8, 4) is 5.69 Å². The largest absolute Gasteiger partial charge is 0.355 e. The first-order valence-corrected chi connectivity index (χ1v) is 15.0. The predicted molar refractivity (Wildman–Crippen MR) is 155 cm³/mol. The minimum atomic E-state index is -3.66. The van der Waals surface area contributed by atoms with Crippen LogP contribution in [0.3, 0.4) is 0 Å². The molecular weight excluding hydrogens is 508 g/mol. The lowest BCUT2D eigenvalue weighted by Gasteiger charge is -2.24. The van der Waals surface area contributed by atoms with E-state index in [1.807, 2.05) is 78.3 Å². The van der Waals surface area contributed by atoms with Crippen molar-refractivity contribution in [1.29, 1.82) is 0 Å². The Morgan fingerprint density at radius 3 is 2.44 bits per heavy atom.